The highest BCUT2D eigenvalue weighted by atomic mass is 16.6. The number of ether oxygens (including phenoxy) is 8. The molecule has 0 aromatic carbocycles. The fraction of sp³-hybridized carbons (Fsp3) is 0.727. The molecule has 0 spiro atoms. The van der Waals surface area contributed by atoms with Gasteiger partial charge in [0.25, 0.3) is 0 Å². The van der Waals surface area contributed by atoms with Gasteiger partial charge < -0.3 is 48.5 Å². The largest absolute Gasteiger partial charge is 0.461 e. The van der Waals surface area contributed by atoms with Gasteiger partial charge in [0.05, 0.1) is 31.7 Å². The molecule has 0 saturated carbocycles. The lowest BCUT2D eigenvalue weighted by atomic mass is 9.86. The highest BCUT2D eigenvalue weighted by molar-refractivity contribution is 5.89. The zero-order valence-corrected chi connectivity index (χ0v) is 37.3. The van der Waals surface area contributed by atoms with Gasteiger partial charge in [-0.3, -0.25) is 4.79 Å². The normalized spacial score (nSPS) is 12.0. The first-order valence-corrected chi connectivity index (χ1v) is 21.3. The number of unbranched alkanes of at least 4 members (excludes halogenated alkanes) is 10. The molecule has 0 aromatic heterocycles. The molecule has 0 fully saturated rings. The molecule has 0 radical (unpaired) electrons. The number of hydrogen-bond donors (Lipinski definition) is 2. The molecular weight excluding hydrogens is 780 g/mol. The molecule has 2 atom stereocenters. The van der Waals surface area contributed by atoms with Gasteiger partial charge in [-0.15, -0.1) is 0 Å². The van der Waals surface area contributed by atoms with E-state index in [4.69, 9.17) is 37.9 Å². The van der Waals surface area contributed by atoms with Crippen LogP contribution >= 0.6 is 0 Å². The molecule has 2 unspecified atom stereocenters. The molecule has 0 heterocycles. The van der Waals surface area contributed by atoms with Gasteiger partial charge in [-0.1, -0.05) is 97.8 Å². The maximum atomic E-state index is 13.3. The Kier molecular flexibility index (Phi) is 31.8. The minimum absolute atomic E-state index is 0.0186. The molecule has 2 amide bonds. The van der Waals surface area contributed by atoms with E-state index in [2.05, 4.69) is 44.2 Å². The predicted octanol–water partition coefficient (Wildman–Crippen LogP) is 7.23. The van der Waals surface area contributed by atoms with Crippen molar-refractivity contribution < 1.29 is 66.7 Å². The lowest BCUT2D eigenvalue weighted by Gasteiger charge is -2.25. The molecule has 16 heteroatoms. The third-order valence-electron chi connectivity index (χ3n) is 8.64. The van der Waals surface area contributed by atoms with Gasteiger partial charge in [-0.2, -0.15) is 0 Å². The van der Waals surface area contributed by atoms with Crippen LogP contribution in [0.2, 0.25) is 0 Å². The van der Waals surface area contributed by atoms with Crippen molar-refractivity contribution in [2.75, 3.05) is 65.9 Å². The minimum Gasteiger partial charge on any atom is -0.461 e. The number of carbonyl (C=O) groups is 6. The number of alkyl carbamates (subject to hydrolysis) is 2. The lowest BCUT2D eigenvalue weighted by Crippen LogP contribution is -2.38. The summed E-state index contributed by atoms with van der Waals surface area (Å²) < 4.78 is 43.3. The van der Waals surface area contributed by atoms with E-state index in [0.29, 0.717) is 13.2 Å². The van der Waals surface area contributed by atoms with Crippen molar-refractivity contribution in [1.29, 1.82) is 0 Å². The maximum Gasteiger partial charge on any atom is 0.407 e. The highest BCUT2D eigenvalue weighted by Gasteiger charge is 2.33. The van der Waals surface area contributed by atoms with Crippen LogP contribution in [0, 0.1) is 5.41 Å². The second-order valence-corrected chi connectivity index (χ2v) is 15.3. The number of rotatable bonds is 36. The molecule has 344 valence electrons. The summed E-state index contributed by atoms with van der Waals surface area (Å²) in [5, 5.41) is 4.96. The Morgan fingerprint density at radius 3 is 1.33 bits per heavy atom. The molecule has 60 heavy (non-hydrogen) atoms. The average Bonchev–Trinajstić information content (AvgIpc) is 3.20. The van der Waals surface area contributed by atoms with Crippen LogP contribution in [0.5, 0.6) is 0 Å². The van der Waals surface area contributed by atoms with E-state index < -0.39 is 53.7 Å². The van der Waals surface area contributed by atoms with Crippen molar-refractivity contribution in [2.24, 2.45) is 5.41 Å². The summed E-state index contributed by atoms with van der Waals surface area (Å²) in [4.78, 5) is 74.5. The second kappa shape index (κ2) is 34.3. The van der Waals surface area contributed by atoms with E-state index in [1.165, 1.54) is 26.7 Å². The Balaban J connectivity index is 5.25. The molecule has 0 aromatic rings. The molecule has 16 nitrogen and oxygen atoms in total. The molecule has 0 saturated heterocycles. The van der Waals surface area contributed by atoms with Crippen molar-refractivity contribution in [3.63, 3.8) is 0 Å². The van der Waals surface area contributed by atoms with E-state index in [-0.39, 0.29) is 75.9 Å². The van der Waals surface area contributed by atoms with Crippen LogP contribution < -0.4 is 10.6 Å². The van der Waals surface area contributed by atoms with Gasteiger partial charge in [0.2, 0.25) is 0 Å². The quantitative estimate of drug-likeness (QED) is 0.0277. The number of esters is 4. The van der Waals surface area contributed by atoms with Crippen LogP contribution in [-0.2, 0) is 57.1 Å². The fourth-order valence-corrected chi connectivity index (χ4v) is 5.17. The summed E-state index contributed by atoms with van der Waals surface area (Å²) >= 11 is 0. The van der Waals surface area contributed by atoms with Crippen molar-refractivity contribution in [1.82, 2.24) is 10.6 Å². The van der Waals surface area contributed by atoms with Crippen LogP contribution in [0.3, 0.4) is 0 Å². The van der Waals surface area contributed by atoms with Crippen molar-refractivity contribution in [3.8, 4) is 0 Å². The number of amides is 2. The number of nitrogens with one attached hydrogen (secondary N) is 2. The standard InChI is InChI=1S/C44H74N2O14/c1-10-12-14-16-18-20-24-53-29-36(59-42(51)45-22-26-55-38(47)33(3)4)31-57-40(49)35(7)28-44(8,9)41(50)58-32-37(30-54-25-21-19-17-15-13-11-2)60-43(52)46-23-27-56-39(48)34(5)6/h36-37H,3,5,7,10-32H2,1-2,4,6,8-9H3,(H,45,51)(H,46,52). The first-order valence-electron chi connectivity index (χ1n) is 21.3. The lowest BCUT2D eigenvalue weighted by molar-refractivity contribution is -0.158. The van der Waals surface area contributed by atoms with E-state index in [9.17, 15) is 28.8 Å². The minimum atomic E-state index is -1.25. The Morgan fingerprint density at radius 1 is 0.517 bits per heavy atom. The van der Waals surface area contributed by atoms with Crippen LogP contribution in [-0.4, -0.2) is 114 Å². The first-order chi connectivity index (χ1) is 28.5. The second-order valence-electron chi connectivity index (χ2n) is 15.3. The Bertz CT molecular complexity index is 1330. The molecule has 0 aliphatic rings. The molecule has 0 rings (SSSR count). The molecule has 2 N–H and O–H groups in total. The summed E-state index contributed by atoms with van der Waals surface area (Å²) in [5.74, 6) is -2.68. The summed E-state index contributed by atoms with van der Waals surface area (Å²) in [5.41, 5.74) is -0.834. The number of carbonyl (C=O) groups excluding carboxylic acids is 6. The predicted molar refractivity (Wildman–Crippen MR) is 226 cm³/mol. The summed E-state index contributed by atoms with van der Waals surface area (Å²) in [6, 6.07) is 0. The van der Waals surface area contributed by atoms with E-state index in [1.54, 1.807) is 13.8 Å². The summed E-state index contributed by atoms with van der Waals surface area (Å²) in [7, 11) is 0. The molecule has 0 bridgehead atoms. The SMILES string of the molecule is C=C(C)C(=O)OCCNC(=O)OC(COCCCCCCCC)COC(=O)C(=C)CC(C)(C)C(=O)OCC(COCCCCCCCC)OC(=O)NCCOC(=O)C(=C)C. The monoisotopic (exact) mass is 855 g/mol. The van der Waals surface area contributed by atoms with Gasteiger partial charge >= 0.3 is 36.1 Å². The average molecular weight is 855 g/mol. The van der Waals surface area contributed by atoms with E-state index in [1.807, 2.05) is 0 Å². The third kappa shape index (κ3) is 29.7. The highest BCUT2D eigenvalue weighted by Crippen LogP contribution is 2.27. The molecular formula is C44H74N2O14. The van der Waals surface area contributed by atoms with Crippen LogP contribution in [0.1, 0.15) is 125 Å². The molecule has 0 aliphatic carbocycles. The zero-order chi connectivity index (χ0) is 45.2. The summed E-state index contributed by atoms with van der Waals surface area (Å²) in [6.07, 6.45) is 9.06. The van der Waals surface area contributed by atoms with Crippen LogP contribution in [0.4, 0.5) is 9.59 Å². The fourth-order valence-electron chi connectivity index (χ4n) is 5.17. The Hall–Kier alpha value is -4.44. The van der Waals surface area contributed by atoms with E-state index in [0.717, 1.165) is 64.2 Å². The Morgan fingerprint density at radius 2 is 0.917 bits per heavy atom. The van der Waals surface area contributed by atoms with Crippen molar-refractivity contribution in [2.45, 2.75) is 137 Å². The van der Waals surface area contributed by atoms with E-state index >= 15 is 0 Å². The van der Waals surface area contributed by atoms with Crippen molar-refractivity contribution in [3.05, 3.63) is 36.5 Å². The number of hydrogen-bond acceptors (Lipinski definition) is 14. The van der Waals surface area contributed by atoms with Crippen LogP contribution in [0.15, 0.2) is 36.5 Å². The molecule has 0 aliphatic heterocycles. The van der Waals surface area contributed by atoms with Gasteiger partial charge in [0.1, 0.15) is 26.4 Å². The topological polar surface area (TPSA) is 200 Å². The van der Waals surface area contributed by atoms with Gasteiger partial charge in [-0.25, -0.2) is 24.0 Å². The first kappa shape index (κ1) is 55.6. The summed E-state index contributed by atoms with van der Waals surface area (Å²) in [6.45, 7) is 21.1. The third-order valence-corrected chi connectivity index (χ3v) is 8.64. The van der Waals surface area contributed by atoms with Gasteiger partial charge in [0, 0.05) is 29.9 Å². The zero-order valence-electron chi connectivity index (χ0n) is 37.3. The smallest absolute Gasteiger partial charge is 0.407 e. The Labute approximate surface area is 357 Å². The van der Waals surface area contributed by atoms with Crippen molar-refractivity contribution >= 4 is 36.1 Å². The maximum absolute atomic E-state index is 13.3. The van der Waals surface area contributed by atoms with Gasteiger partial charge in [-0.05, 0) is 47.0 Å². The van der Waals surface area contributed by atoms with Gasteiger partial charge in [0.15, 0.2) is 12.2 Å². The van der Waals surface area contributed by atoms with Crippen LogP contribution in [0.25, 0.3) is 0 Å².